The van der Waals surface area contributed by atoms with Crippen LogP contribution in [0.1, 0.15) is 50.6 Å². The summed E-state index contributed by atoms with van der Waals surface area (Å²) in [4.78, 5) is 2.50. The highest BCUT2D eigenvalue weighted by Crippen LogP contribution is 2.35. The Kier molecular flexibility index (Phi) is 6.49. The highest BCUT2D eigenvalue weighted by molar-refractivity contribution is 6.30. The Labute approximate surface area is 133 Å². The van der Waals surface area contributed by atoms with Crippen LogP contribution in [-0.4, -0.2) is 35.2 Å². The van der Waals surface area contributed by atoms with Crippen molar-refractivity contribution in [1.82, 2.24) is 4.90 Å². The first-order chi connectivity index (χ1) is 10.2. The number of nitrogens with zero attached hydrogens (tertiary/aromatic N) is 1. The fourth-order valence-electron chi connectivity index (χ4n) is 3.12. The molecule has 2 unspecified atom stereocenters. The molecule has 1 saturated carbocycles. The zero-order valence-corrected chi connectivity index (χ0v) is 13.6. The van der Waals surface area contributed by atoms with Gasteiger partial charge < -0.3 is 10.8 Å². The molecule has 0 amide bonds. The van der Waals surface area contributed by atoms with E-state index in [1.165, 1.54) is 24.8 Å². The predicted octanol–water partition coefficient (Wildman–Crippen LogP) is 3.36. The molecule has 4 heteroatoms. The summed E-state index contributed by atoms with van der Waals surface area (Å²) in [5.41, 5.74) is 7.64. The molecule has 3 nitrogen and oxygen atoms in total. The molecule has 0 bridgehead atoms. The molecule has 2 rings (SSSR count). The summed E-state index contributed by atoms with van der Waals surface area (Å²) in [7, 11) is 0. The topological polar surface area (TPSA) is 49.5 Å². The minimum atomic E-state index is 0.0859. The highest BCUT2D eigenvalue weighted by atomic mass is 35.5. The average Bonchev–Trinajstić information content (AvgIpc) is 2.42. The molecule has 0 aliphatic heterocycles. The van der Waals surface area contributed by atoms with E-state index in [2.05, 4.69) is 17.9 Å². The zero-order chi connectivity index (χ0) is 15.2. The largest absolute Gasteiger partial charge is 0.396 e. The second-order valence-corrected chi connectivity index (χ2v) is 6.41. The molecule has 1 aromatic carbocycles. The van der Waals surface area contributed by atoms with Gasteiger partial charge in [0.25, 0.3) is 0 Å². The van der Waals surface area contributed by atoms with Crippen LogP contribution in [0, 0.1) is 0 Å². The molecule has 0 aromatic heterocycles. The molecule has 21 heavy (non-hydrogen) atoms. The van der Waals surface area contributed by atoms with Crippen LogP contribution in [-0.2, 0) is 0 Å². The van der Waals surface area contributed by atoms with E-state index >= 15 is 0 Å². The van der Waals surface area contributed by atoms with E-state index in [1.54, 1.807) is 0 Å². The van der Waals surface area contributed by atoms with Crippen molar-refractivity contribution in [2.75, 3.05) is 13.2 Å². The lowest BCUT2D eigenvalue weighted by molar-refractivity contribution is 0.0579. The monoisotopic (exact) mass is 310 g/mol. The third kappa shape index (κ3) is 4.19. The Morgan fingerprint density at radius 1 is 1.43 bits per heavy atom. The Balaban J connectivity index is 2.26. The van der Waals surface area contributed by atoms with E-state index in [4.69, 9.17) is 17.3 Å². The number of hydrogen-bond acceptors (Lipinski definition) is 3. The molecule has 1 aliphatic rings. The van der Waals surface area contributed by atoms with Gasteiger partial charge in [0.1, 0.15) is 0 Å². The summed E-state index contributed by atoms with van der Waals surface area (Å²) in [6.45, 7) is 3.26. The van der Waals surface area contributed by atoms with Crippen LogP contribution in [0.4, 0.5) is 0 Å². The molecule has 0 radical (unpaired) electrons. The van der Waals surface area contributed by atoms with Gasteiger partial charge in [0.2, 0.25) is 0 Å². The third-order valence-corrected chi connectivity index (χ3v) is 4.78. The summed E-state index contributed by atoms with van der Waals surface area (Å²) in [6.07, 6.45) is 5.49. The normalized spacial score (nSPS) is 18.5. The Hall–Kier alpha value is -0.610. The quantitative estimate of drug-likeness (QED) is 0.774. The van der Waals surface area contributed by atoms with E-state index in [0.717, 1.165) is 24.4 Å². The van der Waals surface area contributed by atoms with Crippen LogP contribution in [0.25, 0.3) is 0 Å². The summed E-state index contributed by atoms with van der Waals surface area (Å²) in [5.74, 6) is 0. The SMILES string of the molecule is CCC(N)C(c1cccc(Cl)c1)N(CCCO)C1CCC1. The fourth-order valence-corrected chi connectivity index (χ4v) is 3.32. The lowest BCUT2D eigenvalue weighted by atomic mass is 9.86. The van der Waals surface area contributed by atoms with Crippen LogP contribution in [0.2, 0.25) is 5.02 Å². The van der Waals surface area contributed by atoms with Crippen LogP contribution in [0.3, 0.4) is 0 Å². The van der Waals surface area contributed by atoms with Crippen LogP contribution in [0.5, 0.6) is 0 Å². The van der Waals surface area contributed by atoms with Gasteiger partial charge in [-0.3, -0.25) is 4.90 Å². The van der Waals surface area contributed by atoms with Crippen molar-refractivity contribution in [3.63, 3.8) is 0 Å². The number of hydrogen-bond donors (Lipinski definition) is 2. The van der Waals surface area contributed by atoms with Crippen molar-refractivity contribution < 1.29 is 5.11 Å². The smallest absolute Gasteiger partial charge is 0.0502 e. The van der Waals surface area contributed by atoms with Gasteiger partial charge in [0.05, 0.1) is 6.04 Å². The number of aliphatic hydroxyl groups is 1. The van der Waals surface area contributed by atoms with Crippen molar-refractivity contribution in [2.45, 2.75) is 57.2 Å². The van der Waals surface area contributed by atoms with Crippen molar-refractivity contribution >= 4 is 11.6 Å². The van der Waals surface area contributed by atoms with E-state index in [9.17, 15) is 5.11 Å². The maximum atomic E-state index is 9.20. The van der Waals surface area contributed by atoms with Crippen LogP contribution in [0.15, 0.2) is 24.3 Å². The molecule has 0 heterocycles. The number of nitrogens with two attached hydrogens (primary N) is 1. The molecule has 3 N–H and O–H groups in total. The van der Waals surface area contributed by atoms with E-state index in [-0.39, 0.29) is 18.7 Å². The van der Waals surface area contributed by atoms with Gasteiger partial charge in [0.15, 0.2) is 0 Å². The summed E-state index contributed by atoms with van der Waals surface area (Å²) in [6, 6.07) is 8.92. The zero-order valence-electron chi connectivity index (χ0n) is 12.8. The molecule has 0 saturated heterocycles. The standard InChI is InChI=1S/C17H27ClN2O/c1-2-16(19)17(13-6-3-7-14(18)12-13)20(10-5-11-21)15-8-4-9-15/h3,6-7,12,15-17,21H,2,4-5,8-11,19H2,1H3. The van der Waals surface area contributed by atoms with Gasteiger partial charge in [0, 0.05) is 30.3 Å². The second kappa shape index (κ2) is 8.14. The lowest BCUT2D eigenvalue weighted by Crippen LogP contribution is -2.49. The van der Waals surface area contributed by atoms with Crippen molar-refractivity contribution in [3.8, 4) is 0 Å². The second-order valence-electron chi connectivity index (χ2n) is 5.97. The molecular formula is C17H27ClN2O. The molecular weight excluding hydrogens is 284 g/mol. The van der Waals surface area contributed by atoms with Gasteiger partial charge in [-0.1, -0.05) is 37.1 Å². The first-order valence-corrected chi connectivity index (χ1v) is 8.42. The minimum absolute atomic E-state index is 0.0859. The van der Waals surface area contributed by atoms with Crippen molar-refractivity contribution in [2.24, 2.45) is 5.73 Å². The summed E-state index contributed by atoms with van der Waals surface area (Å²) in [5, 5.41) is 9.96. The Morgan fingerprint density at radius 2 is 2.19 bits per heavy atom. The molecule has 1 aromatic rings. The molecule has 2 atom stereocenters. The summed E-state index contributed by atoms with van der Waals surface area (Å²) >= 11 is 6.17. The average molecular weight is 311 g/mol. The van der Waals surface area contributed by atoms with E-state index < -0.39 is 0 Å². The predicted molar refractivity (Wildman–Crippen MR) is 88.5 cm³/mol. The molecule has 1 fully saturated rings. The maximum absolute atomic E-state index is 9.20. The number of aliphatic hydroxyl groups excluding tert-OH is 1. The third-order valence-electron chi connectivity index (χ3n) is 4.54. The number of rotatable bonds is 8. The van der Waals surface area contributed by atoms with Crippen molar-refractivity contribution in [1.29, 1.82) is 0 Å². The lowest BCUT2D eigenvalue weighted by Gasteiger charge is -2.45. The Morgan fingerprint density at radius 3 is 2.71 bits per heavy atom. The minimum Gasteiger partial charge on any atom is -0.396 e. The summed E-state index contributed by atoms with van der Waals surface area (Å²) < 4.78 is 0. The van der Waals surface area contributed by atoms with Gasteiger partial charge in [-0.2, -0.15) is 0 Å². The van der Waals surface area contributed by atoms with E-state index in [1.807, 2.05) is 18.2 Å². The number of halogens is 1. The first kappa shape index (κ1) is 16.8. The maximum Gasteiger partial charge on any atom is 0.0502 e. The fraction of sp³-hybridized carbons (Fsp3) is 0.647. The van der Waals surface area contributed by atoms with Crippen molar-refractivity contribution in [3.05, 3.63) is 34.9 Å². The number of benzene rings is 1. The molecule has 118 valence electrons. The van der Waals surface area contributed by atoms with E-state index in [0.29, 0.717) is 6.04 Å². The van der Waals surface area contributed by atoms with Gasteiger partial charge in [-0.15, -0.1) is 0 Å². The van der Waals surface area contributed by atoms with Crippen LogP contribution < -0.4 is 5.73 Å². The molecule has 0 spiro atoms. The molecule has 1 aliphatic carbocycles. The van der Waals surface area contributed by atoms with Crippen LogP contribution >= 0.6 is 11.6 Å². The van der Waals surface area contributed by atoms with Gasteiger partial charge in [-0.05, 0) is 43.4 Å². The highest BCUT2D eigenvalue weighted by Gasteiger charge is 2.33. The first-order valence-electron chi connectivity index (χ1n) is 8.05. The Bertz CT molecular complexity index is 437. The van der Waals surface area contributed by atoms with Gasteiger partial charge >= 0.3 is 0 Å². The van der Waals surface area contributed by atoms with Gasteiger partial charge in [-0.25, -0.2) is 0 Å².